The molecule has 1 fully saturated rings. The molecule has 1 aliphatic heterocycles. The molecule has 0 radical (unpaired) electrons. The van der Waals surface area contributed by atoms with Gasteiger partial charge in [0.05, 0.1) is 24.5 Å². The average molecular weight is 328 g/mol. The molecule has 6 heteroatoms. The van der Waals surface area contributed by atoms with E-state index in [0.717, 1.165) is 25.2 Å². The molecule has 0 unspecified atom stereocenters. The molecule has 0 spiro atoms. The lowest BCUT2D eigenvalue weighted by Crippen LogP contribution is -2.32. The second-order valence-corrected chi connectivity index (χ2v) is 6.30. The van der Waals surface area contributed by atoms with E-state index in [9.17, 15) is 4.79 Å². The number of amides is 1. The highest BCUT2D eigenvalue weighted by atomic mass is 16.5. The number of hydrogen-bond donors (Lipinski definition) is 1. The summed E-state index contributed by atoms with van der Waals surface area (Å²) in [5.74, 6) is -0.0797. The third-order valence-corrected chi connectivity index (χ3v) is 4.39. The van der Waals surface area contributed by atoms with Gasteiger partial charge < -0.3 is 10.1 Å². The summed E-state index contributed by atoms with van der Waals surface area (Å²) >= 11 is 0. The molecular formula is C18H24N4O2. The molecule has 3 rings (SSSR count). The van der Waals surface area contributed by atoms with E-state index < -0.39 is 0 Å². The van der Waals surface area contributed by atoms with Crippen LogP contribution in [0.25, 0.3) is 0 Å². The molecule has 2 aromatic rings. The van der Waals surface area contributed by atoms with Crippen molar-refractivity contribution in [3.8, 4) is 0 Å². The van der Waals surface area contributed by atoms with Crippen molar-refractivity contribution in [2.75, 3.05) is 25.6 Å². The fraction of sp³-hybridized carbons (Fsp3) is 0.444. The lowest BCUT2D eigenvalue weighted by molar-refractivity contribution is -0.114. The second-order valence-electron chi connectivity index (χ2n) is 6.30. The van der Waals surface area contributed by atoms with Gasteiger partial charge in [-0.1, -0.05) is 30.3 Å². The molecule has 0 saturated carbocycles. The number of nitrogens with one attached hydrogen (secondary N) is 1. The van der Waals surface area contributed by atoms with Crippen molar-refractivity contribution in [1.29, 1.82) is 0 Å². The van der Waals surface area contributed by atoms with Crippen LogP contribution in [0.1, 0.15) is 24.9 Å². The molecule has 1 amide bonds. The first-order valence-electron chi connectivity index (χ1n) is 8.24. The maximum absolute atomic E-state index is 11.2. The molecule has 1 aromatic carbocycles. The Labute approximate surface area is 142 Å². The fourth-order valence-corrected chi connectivity index (χ4v) is 3.33. The first-order chi connectivity index (χ1) is 11.7. The summed E-state index contributed by atoms with van der Waals surface area (Å²) in [7, 11) is 1.75. The molecule has 128 valence electrons. The van der Waals surface area contributed by atoms with Crippen LogP contribution in [0.5, 0.6) is 0 Å². The van der Waals surface area contributed by atoms with Gasteiger partial charge in [0.1, 0.15) is 0 Å². The van der Waals surface area contributed by atoms with Gasteiger partial charge in [-0.25, -0.2) is 0 Å². The van der Waals surface area contributed by atoms with Gasteiger partial charge in [0.2, 0.25) is 5.91 Å². The van der Waals surface area contributed by atoms with E-state index in [1.807, 2.05) is 16.9 Å². The zero-order valence-electron chi connectivity index (χ0n) is 14.2. The van der Waals surface area contributed by atoms with Crippen molar-refractivity contribution in [3.63, 3.8) is 0 Å². The number of benzene rings is 1. The fourth-order valence-electron chi connectivity index (χ4n) is 3.33. The molecule has 24 heavy (non-hydrogen) atoms. The quantitative estimate of drug-likeness (QED) is 0.884. The number of carbonyl (C=O) groups is 1. The number of hydrogen-bond acceptors (Lipinski definition) is 4. The van der Waals surface area contributed by atoms with Gasteiger partial charge in [-0.3, -0.25) is 14.4 Å². The van der Waals surface area contributed by atoms with Gasteiger partial charge in [0, 0.05) is 39.4 Å². The number of likely N-dealkylation sites (tertiary alicyclic amines) is 1. The SMILES string of the molecule is COC[C@@H]1C[C@H](n2cc(NC(C)=O)cn2)CN1Cc1ccccc1. The predicted octanol–water partition coefficient (Wildman–Crippen LogP) is 2.30. The molecule has 0 bridgehead atoms. The normalized spacial score (nSPS) is 21.1. The molecule has 1 N–H and O–H groups in total. The van der Waals surface area contributed by atoms with Crippen LogP contribution in [0.15, 0.2) is 42.7 Å². The Hall–Kier alpha value is -2.18. The van der Waals surface area contributed by atoms with Gasteiger partial charge >= 0.3 is 0 Å². The third kappa shape index (κ3) is 4.01. The number of aromatic nitrogens is 2. The van der Waals surface area contributed by atoms with Gasteiger partial charge in [-0.05, 0) is 12.0 Å². The van der Waals surface area contributed by atoms with Crippen LogP contribution in [-0.4, -0.2) is 46.9 Å². The Morgan fingerprint density at radius 2 is 2.17 bits per heavy atom. The summed E-state index contributed by atoms with van der Waals surface area (Å²) in [5.41, 5.74) is 2.05. The zero-order valence-corrected chi connectivity index (χ0v) is 14.2. The molecule has 2 atom stereocenters. The minimum Gasteiger partial charge on any atom is -0.383 e. The van der Waals surface area contributed by atoms with Crippen LogP contribution in [-0.2, 0) is 16.1 Å². The third-order valence-electron chi connectivity index (χ3n) is 4.39. The van der Waals surface area contributed by atoms with Crippen molar-refractivity contribution in [3.05, 3.63) is 48.3 Å². The van der Waals surface area contributed by atoms with Gasteiger partial charge in [0.15, 0.2) is 0 Å². The second kappa shape index (κ2) is 7.59. The van der Waals surface area contributed by atoms with Gasteiger partial charge in [-0.15, -0.1) is 0 Å². The van der Waals surface area contributed by atoms with E-state index in [2.05, 4.69) is 39.6 Å². The maximum atomic E-state index is 11.2. The van der Waals surface area contributed by atoms with Crippen molar-refractivity contribution in [2.24, 2.45) is 0 Å². The van der Waals surface area contributed by atoms with Crippen molar-refractivity contribution < 1.29 is 9.53 Å². The topological polar surface area (TPSA) is 59.4 Å². The Bertz CT molecular complexity index is 671. The predicted molar refractivity (Wildman–Crippen MR) is 92.7 cm³/mol. The standard InChI is InChI=1S/C18H24N4O2/c1-14(23)20-16-9-19-22(11-16)17-8-18(13-24-2)21(12-17)10-15-6-4-3-5-7-15/h3-7,9,11,17-18H,8,10,12-13H2,1-2H3,(H,20,23)/t17-,18-/m0/s1. The lowest BCUT2D eigenvalue weighted by atomic mass is 10.1. The van der Waals surface area contributed by atoms with Crippen LogP contribution in [0, 0.1) is 0 Å². The van der Waals surface area contributed by atoms with Crippen LogP contribution < -0.4 is 5.32 Å². The summed E-state index contributed by atoms with van der Waals surface area (Å²) in [5, 5.41) is 7.20. The van der Waals surface area contributed by atoms with Gasteiger partial charge in [-0.2, -0.15) is 5.10 Å². The highest BCUT2D eigenvalue weighted by molar-refractivity contribution is 5.88. The first-order valence-corrected chi connectivity index (χ1v) is 8.24. The Morgan fingerprint density at radius 1 is 1.38 bits per heavy atom. The molecule has 2 heterocycles. The van der Waals surface area contributed by atoms with Crippen LogP contribution in [0.4, 0.5) is 5.69 Å². The van der Waals surface area contributed by atoms with E-state index in [-0.39, 0.29) is 11.9 Å². The molecule has 1 aliphatic rings. The smallest absolute Gasteiger partial charge is 0.221 e. The van der Waals surface area contributed by atoms with E-state index in [4.69, 9.17) is 4.74 Å². The number of carbonyl (C=O) groups excluding carboxylic acids is 1. The Balaban J connectivity index is 1.70. The number of anilines is 1. The summed E-state index contributed by atoms with van der Waals surface area (Å²) in [6, 6.07) is 11.1. The number of rotatable bonds is 6. The van der Waals surface area contributed by atoms with E-state index >= 15 is 0 Å². The Kier molecular flexibility index (Phi) is 5.27. The van der Waals surface area contributed by atoms with Crippen LogP contribution >= 0.6 is 0 Å². The van der Waals surface area contributed by atoms with Gasteiger partial charge in [0.25, 0.3) is 0 Å². The van der Waals surface area contributed by atoms with E-state index in [1.165, 1.54) is 12.5 Å². The molecule has 6 nitrogen and oxygen atoms in total. The highest BCUT2D eigenvalue weighted by Crippen LogP contribution is 2.29. The van der Waals surface area contributed by atoms with E-state index in [0.29, 0.717) is 12.6 Å². The number of ether oxygens (including phenoxy) is 1. The average Bonchev–Trinajstić information content (AvgIpc) is 3.16. The molecule has 0 aliphatic carbocycles. The van der Waals surface area contributed by atoms with E-state index in [1.54, 1.807) is 13.3 Å². The summed E-state index contributed by atoms with van der Waals surface area (Å²) in [6.45, 7) is 4.04. The van der Waals surface area contributed by atoms with Crippen LogP contribution in [0.3, 0.4) is 0 Å². The van der Waals surface area contributed by atoms with Crippen molar-refractivity contribution >= 4 is 11.6 Å². The largest absolute Gasteiger partial charge is 0.383 e. The monoisotopic (exact) mass is 328 g/mol. The molecule has 1 aromatic heterocycles. The zero-order chi connectivity index (χ0) is 16.9. The summed E-state index contributed by atoms with van der Waals surface area (Å²) < 4.78 is 7.36. The van der Waals surface area contributed by atoms with Crippen molar-refractivity contribution in [2.45, 2.75) is 32.0 Å². The minimum absolute atomic E-state index is 0.0797. The minimum atomic E-state index is -0.0797. The van der Waals surface area contributed by atoms with Crippen LogP contribution in [0.2, 0.25) is 0 Å². The number of nitrogens with zero attached hydrogens (tertiary/aromatic N) is 3. The van der Waals surface area contributed by atoms with Crippen molar-refractivity contribution in [1.82, 2.24) is 14.7 Å². The molecule has 1 saturated heterocycles. The highest BCUT2D eigenvalue weighted by Gasteiger charge is 2.33. The molecular weight excluding hydrogens is 304 g/mol. The maximum Gasteiger partial charge on any atom is 0.221 e. The summed E-state index contributed by atoms with van der Waals surface area (Å²) in [4.78, 5) is 13.6. The lowest BCUT2D eigenvalue weighted by Gasteiger charge is -2.23. The first kappa shape index (κ1) is 16.7. The summed E-state index contributed by atoms with van der Waals surface area (Å²) in [6.07, 6.45) is 4.59. The Morgan fingerprint density at radius 3 is 2.88 bits per heavy atom. The number of methoxy groups -OCH3 is 1.